The van der Waals surface area contributed by atoms with Gasteiger partial charge in [-0.1, -0.05) is 22.9 Å². The highest BCUT2D eigenvalue weighted by Crippen LogP contribution is 2.36. The minimum Gasteiger partial charge on any atom is -0.486 e. The number of halogens is 1. The van der Waals surface area contributed by atoms with E-state index in [1.54, 1.807) is 0 Å². The van der Waals surface area contributed by atoms with E-state index in [9.17, 15) is 4.79 Å². The number of hydrogen-bond acceptors (Lipinski definition) is 5. The van der Waals surface area contributed by atoms with Crippen molar-refractivity contribution < 1.29 is 19.0 Å². The van der Waals surface area contributed by atoms with Crippen LogP contribution in [0.15, 0.2) is 16.6 Å². The number of esters is 1. The number of fused-ring (bicyclic) bond motifs is 1. The van der Waals surface area contributed by atoms with Crippen LogP contribution in [0.25, 0.3) is 0 Å². The molecule has 6 heteroatoms. The third-order valence-electron chi connectivity index (χ3n) is 3.23. The monoisotopic (exact) mass is 357 g/mol. The van der Waals surface area contributed by atoms with Gasteiger partial charge in [0.05, 0.1) is 13.7 Å². The summed E-state index contributed by atoms with van der Waals surface area (Å²) >= 11 is 3.56. The second-order valence-electron chi connectivity index (χ2n) is 4.87. The van der Waals surface area contributed by atoms with Crippen LogP contribution in [0.2, 0.25) is 0 Å². The van der Waals surface area contributed by atoms with Gasteiger partial charge in [-0.25, -0.2) is 0 Å². The van der Waals surface area contributed by atoms with Crippen LogP contribution >= 0.6 is 15.9 Å². The summed E-state index contributed by atoms with van der Waals surface area (Å²) < 4.78 is 16.9. The van der Waals surface area contributed by atoms with Crippen molar-refractivity contribution in [2.24, 2.45) is 0 Å². The first-order chi connectivity index (χ1) is 10.1. The molecule has 1 heterocycles. The number of nitrogens with zero attached hydrogens (tertiary/aromatic N) is 1. The van der Waals surface area contributed by atoms with Crippen molar-refractivity contribution in [1.29, 1.82) is 0 Å². The largest absolute Gasteiger partial charge is 0.486 e. The predicted octanol–water partition coefficient (Wildman–Crippen LogP) is 2.61. The quantitative estimate of drug-likeness (QED) is 0.732. The van der Waals surface area contributed by atoms with E-state index in [-0.39, 0.29) is 12.5 Å². The van der Waals surface area contributed by atoms with Crippen molar-refractivity contribution in [3.63, 3.8) is 0 Å². The lowest BCUT2D eigenvalue weighted by atomic mass is 10.1. The molecule has 1 aromatic carbocycles. The Bertz CT molecular complexity index is 507. The summed E-state index contributed by atoms with van der Waals surface area (Å²) in [5.41, 5.74) is 1.07. The molecule has 0 bridgehead atoms. The molecule has 0 aromatic heterocycles. The number of benzene rings is 1. The van der Waals surface area contributed by atoms with E-state index in [0.29, 0.717) is 19.8 Å². The molecular formula is C15H20BrNO4. The summed E-state index contributed by atoms with van der Waals surface area (Å²) in [7, 11) is 1.41. The van der Waals surface area contributed by atoms with Crippen LogP contribution in [0.5, 0.6) is 11.5 Å². The number of ether oxygens (including phenoxy) is 3. The highest BCUT2D eigenvalue weighted by atomic mass is 79.9. The highest BCUT2D eigenvalue weighted by molar-refractivity contribution is 9.10. The van der Waals surface area contributed by atoms with Crippen LogP contribution in [0.3, 0.4) is 0 Å². The zero-order chi connectivity index (χ0) is 15.2. The fourth-order valence-electron chi connectivity index (χ4n) is 2.25. The Labute approximate surface area is 133 Å². The Hall–Kier alpha value is -1.27. The van der Waals surface area contributed by atoms with Gasteiger partial charge in [-0.2, -0.15) is 0 Å². The normalized spacial score (nSPS) is 13.3. The van der Waals surface area contributed by atoms with Crippen molar-refractivity contribution in [1.82, 2.24) is 4.90 Å². The molecule has 0 fully saturated rings. The van der Waals surface area contributed by atoms with Crippen molar-refractivity contribution in [2.45, 2.75) is 19.9 Å². The third kappa shape index (κ3) is 4.35. The first-order valence-corrected chi connectivity index (χ1v) is 7.80. The van der Waals surface area contributed by atoms with Gasteiger partial charge in [-0.05, 0) is 30.7 Å². The van der Waals surface area contributed by atoms with E-state index in [4.69, 9.17) is 14.2 Å². The van der Waals surface area contributed by atoms with Gasteiger partial charge < -0.3 is 14.2 Å². The number of rotatable bonds is 6. The molecule has 2 rings (SSSR count). The molecule has 0 saturated carbocycles. The summed E-state index contributed by atoms with van der Waals surface area (Å²) in [5, 5.41) is 0. The molecule has 0 radical (unpaired) electrons. The second-order valence-corrected chi connectivity index (χ2v) is 5.73. The van der Waals surface area contributed by atoms with Crippen LogP contribution in [0.1, 0.15) is 18.9 Å². The first-order valence-electron chi connectivity index (χ1n) is 7.01. The zero-order valence-corrected chi connectivity index (χ0v) is 13.9. The van der Waals surface area contributed by atoms with Gasteiger partial charge in [0.2, 0.25) is 0 Å². The minimum atomic E-state index is -0.225. The van der Waals surface area contributed by atoms with E-state index in [2.05, 4.69) is 27.8 Å². The maximum Gasteiger partial charge on any atom is 0.319 e. The standard InChI is InChI=1S/C15H20BrNO4/c1-3-4-17(10-15(18)19-2)9-11-7-13-14(8-12(11)16)21-6-5-20-13/h7-8H,3-6,9-10H2,1-2H3. The Morgan fingerprint density at radius 3 is 2.62 bits per heavy atom. The molecular weight excluding hydrogens is 338 g/mol. The summed E-state index contributed by atoms with van der Waals surface area (Å²) in [5.74, 6) is 1.29. The molecule has 0 unspecified atom stereocenters. The minimum absolute atomic E-state index is 0.225. The van der Waals surface area contributed by atoms with Crippen molar-refractivity contribution in [3.05, 3.63) is 22.2 Å². The van der Waals surface area contributed by atoms with Gasteiger partial charge in [0.15, 0.2) is 11.5 Å². The molecule has 1 aromatic rings. The molecule has 0 amide bonds. The number of carbonyl (C=O) groups excluding carboxylic acids is 1. The summed E-state index contributed by atoms with van der Waals surface area (Å²) in [4.78, 5) is 13.5. The van der Waals surface area contributed by atoms with Crippen LogP contribution in [0, 0.1) is 0 Å². The number of hydrogen-bond donors (Lipinski definition) is 0. The Morgan fingerprint density at radius 2 is 2.00 bits per heavy atom. The van der Waals surface area contributed by atoms with Crippen molar-refractivity contribution in [2.75, 3.05) is 33.4 Å². The van der Waals surface area contributed by atoms with E-state index in [1.165, 1.54) is 7.11 Å². The Morgan fingerprint density at radius 1 is 1.33 bits per heavy atom. The Balaban J connectivity index is 2.13. The van der Waals surface area contributed by atoms with Gasteiger partial charge in [0.25, 0.3) is 0 Å². The average Bonchev–Trinajstić information content (AvgIpc) is 2.48. The van der Waals surface area contributed by atoms with Gasteiger partial charge in [-0.15, -0.1) is 0 Å². The molecule has 1 aliphatic rings. The van der Waals surface area contributed by atoms with Gasteiger partial charge in [0.1, 0.15) is 13.2 Å². The predicted molar refractivity (Wildman–Crippen MR) is 82.7 cm³/mol. The van der Waals surface area contributed by atoms with E-state index in [0.717, 1.165) is 34.5 Å². The van der Waals surface area contributed by atoms with Crippen LogP contribution < -0.4 is 9.47 Å². The molecule has 1 aliphatic heterocycles. The molecule has 0 spiro atoms. The lowest BCUT2D eigenvalue weighted by Crippen LogP contribution is -2.31. The van der Waals surface area contributed by atoms with E-state index >= 15 is 0 Å². The molecule has 0 atom stereocenters. The Kier molecular flexibility index (Phi) is 5.87. The van der Waals surface area contributed by atoms with Crippen LogP contribution in [0.4, 0.5) is 0 Å². The molecule has 0 aliphatic carbocycles. The van der Waals surface area contributed by atoms with E-state index in [1.807, 2.05) is 12.1 Å². The molecule has 116 valence electrons. The molecule has 5 nitrogen and oxygen atoms in total. The lowest BCUT2D eigenvalue weighted by Gasteiger charge is -2.23. The van der Waals surface area contributed by atoms with Crippen molar-refractivity contribution >= 4 is 21.9 Å². The molecule has 0 N–H and O–H groups in total. The maximum absolute atomic E-state index is 11.5. The molecule has 0 saturated heterocycles. The second kappa shape index (κ2) is 7.66. The smallest absolute Gasteiger partial charge is 0.319 e. The van der Waals surface area contributed by atoms with E-state index < -0.39 is 0 Å². The zero-order valence-electron chi connectivity index (χ0n) is 12.4. The SMILES string of the molecule is CCCN(CC(=O)OC)Cc1cc2c(cc1Br)OCCO2. The van der Waals surface area contributed by atoms with Crippen LogP contribution in [-0.2, 0) is 16.1 Å². The third-order valence-corrected chi connectivity index (χ3v) is 3.96. The number of carbonyl (C=O) groups is 1. The lowest BCUT2D eigenvalue weighted by molar-refractivity contribution is -0.142. The summed E-state index contributed by atoms with van der Waals surface area (Å²) in [6.45, 7) is 4.99. The van der Waals surface area contributed by atoms with Gasteiger partial charge >= 0.3 is 5.97 Å². The average molecular weight is 358 g/mol. The van der Waals surface area contributed by atoms with Gasteiger partial charge in [0, 0.05) is 11.0 Å². The fourth-order valence-corrected chi connectivity index (χ4v) is 2.69. The first kappa shape index (κ1) is 16.1. The summed E-state index contributed by atoms with van der Waals surface area (Å²) in [6.07, 6.45) is 0.971. The highest BCUT2D eigenvalue weighted by Gasteiger charge is 2.17. The number of methoxy groups -OCH3 is 1. The van der Waals surface area contributed by atoms with Crippen molar-refractivity contribution in [3.8, 4) is 11.5 Å². The fraction of sp³-hybridized carbons (Fsp3) is 0.533. The maximum atomic E-state index is 11.5. The topological polar surface area (TPSA) is 48.0 Å². The van der Waals surface area contributed by atoms with Crippen LogP contribution in [-0.4, -0.2) is 44.3 Å². The molecule has 21 heavy (non-hydrogen) atoms. The summed E-state index contributed by atoms with van der Waals surface area (Å²) in [6, 6.07) is 3.89. The van der Waals surface area contributed by atoms with Gasteiger partial charge in [-0.3, -0.25) is 9.69 Å².